The maximum absolute atomic E-state index is 12.9. The minimum atomic E-state index is 0.0418. The molecule has 0 aromatic carbocycles. The number of likely N-dealkylation sites (N-methyl/N-ethyl adjacent to an activating group) is 1. The molecule has 1 saturated heterocycles. The molecule has 4 rings (SSSR count). The number of aromatic nitrogens is 1. The zero-order chi connectivity index (χ0) is 18.1. The van der Waals surface area contributed by atoms with E-state index in [1.807, 2.05) is 12.1 Å². The van der Waals surface area contributed by atoms with E-state index in [1.54, 1.807) is 6.20 Å². The topological polar surface area (TPSA) is 74.5 Å². The number of hydrogen-bond acceptors (Lipinski definition) is 5. The van der Waals surface area contributed by atoms with Gasteiger partial charge in [-0.05, 0) is 56.7 Å². The Morgan fingerprint density at radius 3 is 2.58 bits per heavy atom. The summed E-state index contributed by atoms with van der Waals surface area (Å²) in [7, 11) is 2.14. The predicted molar refractivity (Wildman–Crippen MR) is 103 cm³/mol. The number of amides is 1. The molecule has 2 atom stereocenters. The summed E-state index contributed by atoms with van der Waals surface area (Å²) in [5, 5.41) is 3.35. The Morgan fingerprint density at radius 2 is 1.88 bits per heavy atom. The monoisotopic (exact) mass is 357 g/mol. The van der Waals surface area contributed by atoms with Crippen molar-refractivity contribution < 1.29 is 4.79 Å². The van der Waals surface area contributed by atoms with Crippen LogP contribution >= 0.6 is 0 Å². The van der Waals surface area contributed by atoms with Crippen LogP contribution in [0.25, 0.3) is 0 Å². The minimum Gasteiger partial charge on any atom is -0.354 e. The van der Waals surface area contributed by atoms with Crippen molar-refractivity contribution in [1.82, 2.24) is 15.2 Å². The lowest BCUT2D eigenvalue weighted by molar-refractivity contribution is 0.0756. The fraction of sp³-hybridized carbons (Fsp3) is 0.700. The lowest BCUT2D eigenvalue weighted by atomic mass is 9.67. The van der Waals surface area contributed by atoms with E-state index in [0.717, 1.165) is 50.4 Å². The zero-order valence-electron chi connectivity index (χ0n) is 15.7. The van der Waals surface area contributed by atoms with Crippen LogP contribution in [0, 0.1) is 11.8 Å². The molecule has 2 saturated carbocycles. The Kier molecular flexibility index (Phi) is 5.14. The van der Waals surface area contributed by atoms with Crippen molar-refractivity contribution in [1.29, 1.82) is 0 Å². The Bertz CT molecular complexity index is 629. The normalized spacial score (nSPS) is 32.3. The molecule has 1 amide bonds. The van der Waals surface area contributed by atoms with Crippen LogP contribution in [0.3, 0.4) is 0 Å². The van der Waals surface area contributed by atoms with Crippen molar-refractivity contribution in [2.45, 2.75) is 44.2 Å². The SMILES string of the molecule is CN1CCN(c2cc(C(=O)NC3C4CCCC3CC(N)C4)ccn2)CC1. The number of pyridine rings is 1. The van der Waals surface area contributed by atoms with E-state index in [-0.39, 0.29) is 11.9 Å². The van der Waals surface area contributed by atoms with Crippen molar-refractivity contribution >= 4 is 11.7 Å². The van der Waals surface area contributed by atoms with E-state index < -0.39 is 0 Å². The number of nitrogens with two attached hydrogens (primary N) is 1. The maximum Gasteiger partial charge on any atom is 0.251 e. The zero-order valence-corrected chi connectivity index (χ0v) is 15.7. The van der Waals surface area contributed by atoms with Crippen molar-refractivity contribution in [3.05, 3.63) is 23.9 Å². The quantitative estimate of drug-likeness (QED) is 0.857. The van der Waals surface area contributed by atoms with Crippen LogP contribution in [-0.2, 0) is 0 Å². The van der Waals surface area contributed by atoms with Crippen LogP contribution in [0.2, 0.25) is 0 Å². The number of carbonyl (C=O) groups excluding carboxylic acids is 1. The number of nitrogens with zero attached hydrogens (tertiary/aromatic N) is 3. The highest BCUT2D eigenvalue weighted by molar-refractivity contribution is 5.95. The number of rotatable bonds is 3. The largest absolute Gasteiger partial charge is 0.354 e. The summed E-state index contributed by atoms with van der Waals surface area (Å²) in [6, 6.07) is 4.38. The number of carbonyl (C=O) groups is 1. The van der Waals surface area contributed by atoms with Crippen LogP contribution in [0.1, 0.15) is 42.5 Å². The van der Waals surface area contributed by atoms with Gasteiger partial charge in [-0.15, -0.1) is 0 Å². The van der Waals surface area contributed by atoms with E-state index in [0.29, 0.717) is 17.9 Å². The first kappa shape index (κ1) is 17.7. The molecule has 142 valence electrons. The van der Waals surface area contributed by atoms with Gasteiger partial charge in [-0.25, -0.2) is 4.98 Å². The van der Waals surface area contributed by atoms with E-state index in [9.17, 15) is 4.79 Å². The molecule has 1 aliphatic heterocycles. The Morgan fingerprint density at radius 1 is 1.19 bits per heavy atom. The number of fused-ring (bicyclic) bond motifs is 2. The van der Waals surface area contributed by atoms with Gasteiger partial charge >= 0.3 is 0 Å². The Hall–Kier alpha value is -1.66. The fourth-order valence-corrected chi connectivity index (χ4v) is 5.03. The fourth-order valence-electron chi connectivity index (χ4n) is 5.03. The first-order valence-corrected chi connectivity index (χ1v) is 10.1. The number of piperazine rings is 1. The highest BCUT2D eigenvalue weighted by atomic mass is 16.1. The lowest BCUT2D eigenvalue weighted by Crippen LogP contribution is -2.53. The first-order valence-electron chi connectivity index (χ1n) is 10.1. The highest BCUT2D eigenvalue weighted by Crippen LogP contribution is 2.39. The predicted octanol–water partition coefficient (Wildman–Crippen LogP) is 1.47. The number of anilines is 1. The molecule has 6 nitrogen and oxygen atoms in total. The van der Waals surface area contributed by atoms with Gasteiger partial charge in [-0.2, -0.15) is 0 Å². The molecule has 3 fully saturated rings. The molecule has 0 spiro atoms. The smallest absolute Gasteiger partial charge is 0.251 e. The standard InChI is InChI=1S/C20H31N5O/c1-24-7-9-25(10-8-24)18-13-16(5-6-22-18)20(26)23-19-14-3-2-4-15(19)12-17(21)11-14/h5-6,13-15,17,19H,2-4,7-12,21H2,1H3,(H,23,26). The first-order chi connectivity index (χ1) is 12.6. The summed E-state index contributed by atoms with van der Waals surface area (Å²) in [4.78, 5) is 22.0. The van der Waals surface area contributed by atoms with Crippen LogP contribution in [0.4, 0.5) is 5.82 Å². The summed E-state index contributed by atoms with van der Waals surface area (Å²) in [5.74, 6) is 2.04. The molecule has 0 radical (unpaired) electrons. The van der Waals surface area contributed by atoms with Gasteiger partial charge in [0.2, 0.25) is 0 Å². The van der Waals surface area contributed by atoms with Gasteiger partial charge in [-0.1, -0.05) is 6.42 Å². The van der Waals surface area contributed by atoms with Gasteiger partial charge in [0, 0.05) is 50.0 Å². The molecular weight excluding hydrogens is 326 g/mol. The third kappa shape index (κ3) is 3.71. The number of nitrogens with one attached hydrogen (secondary N) is 1. The van der Waals surface area contributed by atoms with Crippen molar-refractivity contribution in [3.63, 3.8) is 0 Å². The number of hydrogen-bond donors (Lipinski definition) is 2. The highest BCUT2D eigenvalue weighted by Gasteiger charge is 2.40. The molecule has 2 aliphatic carbocycles. The van der Waals surface area contributed by atoms with E-state index >= 15 is 0 Å². The summed E-state index contributed by atoms with van der Waals surface area (Å²) in [6.45, 7) is 3.98. The molecule has 1 aromatic heterocycles. The van der Waals surface area contributed by atoms with E-state index in [4.69, 9.17) is 5.73 Å². The van der Waals surface area contributed by atoms with Crippen LogP contribution in [-0.4, -0.2) is 61.1 Å². The lowest BCUT2D eigenvalue weighted by Gasteiger charge is -2.45. The molecule has 3 aliphatic rings. The third-order valence-electron chi connectivity index (χ3n) is 6.51. The molecule has 2 bridgehead atoms. The van der Waals surface area contributed by atoms with Gasteiger partial charge < -0.3 is 20.9 Å². The van der Waals surface area contributed by atoms with E-state index in [1.165, 1.54) is 19.3 Å². The summed E-state index contributed by atoms with van der Waals surface area (Å²) in [5.41, 5.74) is 6.94. The molecule has 2 unspecified atom stereocenters. The van der Waals surface area contributed by atoms with Gasteiger partial charge in [-0.3, -0.25) is 4.79 Å². The van der Waals surface area contributed by atoms with Crippen molar-refractivity contribution in [2.24, 2.45) is 17.6 Å². The second-order valence-corrected chi connectivity index (χ2v) is 8.37. The van der Waals surface area contributed by atoms with E-state index in [2.05, 4.69) is 27.1 Å². The average molecular weight is 358 g/mol. The molecular formula is C20H31N5O. The van der Waals surface area contributed by atoms with Crippen molar-refractivity contribution in [3.8, 4) is 0 Å². The van der Waals surface area contributed by atoms with Gasteiger partial charge in [0.05, 0.1) is 0 Å². The summed E-state index contributed by atoms with van der Waals surface area (Å²) in [6.07, 6.45) is 7.52. The van der Waals surface area contributed by atoms with Crippen LogP contribution < -0.4 is 16.0 Å². The summed E-state index contributed by atoms with van der Waals surface area (Å²) >= 11 is 0. The second-order valence-electron chi connectivity index (χ2n) is 8.37. The van der Waals surface area contributed by atoms with Gasteiger partial charge in [0.15, 0.2) is 0 Å². The molecule has 26 heavy (non-hydrogen) atoms. The maximum atomic E-state index is 12.9. The second kappa shape index (κ2) is 7.53. The molecule has 6 heteroatoms. The van der Waals surface area contributed by atoms with Gasteiger partial charge in [0.25, 0.3) is 5.91 Å². The average Bonchev–Trinajstić information content (AvgIpc) is 2.63. The Balaban J connectivity index is 1.44. The van der Waals surface area contributed by atoms with Gasteiger partial charge in [0.1, 0.15) is 5.82 Å². The van der Waals surface area contributed by atoms with Crippen LogP contribution in [0.5, 0.6) is 0 Å². The summed E-state index contributed by atoms with van der Waals surface area (Å²) < 4.78 is 0. The van der Waals surface area contributed by atoms with Crippen LogP contribution in [0.15, 0.2) is 18.3 Å². The molecule has 3 N–H and O–H groups in total. The van der Waals surface area contributed by atoms with Crippen molar-refractivity contribution in [2.75, 3.05) is 38.1 Å². The Labute approximate surface area is 156 Å². The molecule has 1 aromatic rings. The minimum absolute atomic E-state index is 0.0418. The molecule has 2 heterocycles. The third-order valence-corrected chi connectivity index (χ3v) is 6.51.